The second kappa shape index (κ2) is 6.95. The van der Waals surface area contributed by atoms with Crippen LogP contribution in [0.3, 0.4) is 0 Å². The predicted molar refractivity (Wildman–Crippen MR) is 60.9 cm³/mol. The van der Waals surface area contributed by atoms with Gasteiger partial charge in [-0.3, -0.25) is 4.79 Å². The molecule has 2 N–H and O–H groups in total. The molecule has 0 spiro atoms. The minimum absolute atomic E-state index is 0.0723. The minimum atomic E-state index is 0.0723. The lowest BCUT2D eigenvalue weighted by Crippen LogP contribution is -2.29. The fourth-order valence-electron chi connectivity index (χ4n) is 1.31. The zero-order valence-electron chi connectivity index (χ0n) is 9.86. The van der Waals surface area contributed by atoms with Crippen LogP contribution in [0, 0.1) is 0 Å². The van der Waals surface area contributed by atoms with E-state index in [1.54, 1.807) is 6.33 Å². The molecule has 1 amide bonds. The number of nitrogens with one attached hydrogen (secondary N) is 2. The van der Waals surface area contributed by atoms with E-state index in [2.05, 4.69) is 20.8 Å². The average Bonchev–Trinajstić information content (AvgIpc) is 2.65. The van der Waals surface area contributed by atoms with Crippen molar-refractivity contribution < 1.29 is 4.79 Å². The van der Waals surface area contributed by atoms with Crippen LogP contribution in [-0.4, -0.2) is 40.3 Å². The molecule has 0 fully saturated rings. The molecular formula is C10H19N5O. The van der Waals surface area contributed by atoms with Crippen LogP contribution in [0.5, 0.6) is 0 Å². The zero-order chi connectivity index (χ0) is 11.8. The average molecular weight is 225 g/mol. The molecular weight excluding hydrogens is 206 g/mol. The Morgan fingerprint density at radius 2 is 2.31 bits per heavy atom. The largest absolute Gasteiger partial charge is 0.356 e. The SMILES string of the molecule is CCNCCC(=O)NCCc1nncn1C. The normalized spacial score (nSPS) is 10.4. The lowest BCUT2D eigenvalue weighted by molar-refractivity contribution is -0.120. The van der Waals surface area contributed by atoms with E-state index in [1.165, 1.54) is 0 Å². The topological polar surface area (TPSA) is 71.8 Å². The Balaban J connectivity index is 2.11. The number of carbonyl (C=O) groups is 1. The molecule has 16 heavy (non-hydrogen) atoms. The highest BCUT2D eigenvalue weighted by Crippen LogP contribution is 1.91. The second-order valence-electron chi connectivity index (χ2n) is 3.56. The lowest BCUT2D eigenvalue weighted by atomic mass is 10.3. The quantitative estimate of drug-likeness (QED) is 0.612. The van der Waals surface area contributed by atoms with Crippen LogP contribution in [0.2, 0.25) is 0 Å². The number of nitrogens with zero attached hydrogens (tertiary/aromatic N) is 3. The molecule has 0 aliphatic heterocycles. The summed E-state index contributed by atoms with van der Waals surface area (Å²) in [7, 11) is 1.89. The van der Waals surface area contributed by atoms with Gasteiger partial charge in [-0.1, -0.05) is 6.92 Å². The van der Waals surface area contributed by atoms with Gasteiger partial charge >= 0.3 is 0 Å². The van der Waals surface area contributed by atoms with Crippen molar-refractivity contribution in [1.82, 2.24) is 25.4 Å². The first-order valence-corrected chi connectivity index (χ1v) is 5.54. The Labute approximate surface area is 95.4 Å². The van der Waals surface area contributed by atoms with Crippen LogP contribution in [0.1, 0.15) is 19.2 Å². The number of hydrogen-bond donors (Lipinski definition) is 2. The predicted octanol–water partition coefficient (Wildman–Crippen LogP) is -0.527. The van der Waals surface area contributed by atoms with Crippen molar-refractivity contribution >= 4 is 5.91 Å². The van der Waals surface area contributed by atoms with Gasteiger partial charge in [0.2, 0.25) is 5.91 Å². The summed E-state index contributed by atoms with van der Waals surface area (Å²) >= 11 is 0. The Kier molecular flexibility index (Phi) is 5.49. The molecule has 0 saturated carbocycles. The van der Waals surface area contributed by atoms with Crippen molar-refractivity contribution in [1.29, 1.82) is 0 Å². The van der Waals surface area contributed by atoms with Crippen molar-refractivity contribution in [2.45, 2.75) is 19.8 Å². The van der Waals surface area contributed by atoms with Gasteiger partial charge in [-0.2, -0.15) is 0 Å². The van der Waals surface area contributed by atoms with Gasteiger partial charge in [-0.25, -0.2) is 0 Å². The van der Waals surface area contributed by atoms with Gasteiger partial charge in [0.05, 0.1) is 0 Å². The first-order chi connectivity index (χ1) is 7.74. The number of amides is 1. The smallest absolute Gasteiger partial charge is 0.221 e. The fraction of sp³-hybridized carbons (Fsp3) is 0.700. The minimum Gasteiger partial charge on any atom is -0.356 e. The van der Waals surface area contributed by atoms with E-state index in [0.717, 1.165) is 18.9 Å². The maximum Gasteiger partial charge on any atom is 0.221 e. The summed E-state index contributed by atoms with van der Waals surface area (Å²) in [5.74, 6) is 0.954. The molecule has 0 saturated heterocycles. The van der Waals surface area contributed by atoms with Gasteiger partial charge in [0.25, 0.3) is 0 Å². The molecule has 6 heteroatoms. The van der Waals surface area contributed by atoms with Gasteiger partial charge < -0.3 is 15.2 Å². The Bertz CT molecular complexity index is 323. The van der Waals surface area contributed by atoms with Crippen molar-refractivity contribution in [3.05, 3.63) is 12.2 Å². The monoisotopic (exact) mass is 225 g/mol. The van der Waals surface area contributed by atoms with Crippen molar-refractivity contribution in [2.24, 2.45) is 7.05 Å². The molecule has 1 aromatic rings. The van der Waals surface area contributed by atoms with Crippen LogP contribution < -0.4 is 10.6 Å². The Morgan fingerprint density at radius 3 is 2.94 bits per heavy atom. The number of carbonyl (C=O) groups excluding carboxylic acids is 1. The molecule has 0 unspecified atom stereocenters. The Morgan fingerprint density at radius 1 is 1.50 bits per heavy atom. The number of hydrogen-bond acceptors (Lipinski definition) is 4. The molecule has 0 aliphatic rings. The van der Waals surface area contributed by atoms with E-state index in [1.807, 2.05) is 18.5 Å². The van der Waals surface area contributed by atoms with Crippen LogP contribution in [0.4, 0.5) is 0 Å². The second-order valence-corrected chi connectivity index (χ2v) is 3.56. The number of aromatic nitrogens is 3. The molecule has 0 aromatic carbocycles. The number of aryl methyl sites for hydroxylation is 1. The van der Waals surface area contributed by atoms with Gasteiger partial charge in [0.1, 0.15) is 12.2 Å². The highest BCUT2D eigenvalue weighted by atomic mass is 16.1. The van der Waals surface area contributed by atoms with Gasteiger partial charge in [0.15, 0.2) is 0 Å². The summed E-state index contributed by atoms with van der Waals surface area (Å²) in [4.78, 5) is 11.3. The molecule has 6 nitrogen and oxygen atoms in total. The van der Waals surface area contributed by atoms with Gasteiger partial charge in [-0.15, -0.1) is 10.2 Å². The van der Waals surface area contributed by atoms with Crippen LogP contribution in [0.15, 0.2) is 6.33 Å². The molecule has 0 atom stereocenters. The number of rotatable bonds is 7. The molecule has 1 heterocycles. The van der Waals surface area contributed by atoms with Gasteiger partial charge in [0, 0.05) is 33.0 Å². The third-order valence-electron chi connectivity index (χ3n) is 2.25. The maximum atomic E-state index is 11.3. The third kappa shape index (κ3) is 4.39. The van der Waals surface area contributed by atoms with E-state index >= 15 is 0 Å². The summed E-state index contributed by atoms with van der Waals surface area (Å²) in [6.07, 6.45) is 2.89. The summed E-state index contributed by atoms with van der Waals surface area (Å²) in [6.45, 7) is 4.25. The highest BCUT2D eigenvalue weighted by molar-refractivity contribution is 5.76. The van der Waals surface area contributed by atoms with E-state index in [-0.39, 0.29) is 5.91 Å². The summed E-state index contributed by atoms with van der Waals surface area (Å²) < 4.78 is 1.85. The first kappa shape index (κ1) is 12.6. The van der Waals surface area contributed by atoms with Crippen molar-refractivity contribution in [3.8, 4) is 0 Å². The van der Waals surface area contributed by atoms with Crippen molar-refractivity contribution in [2.75, 3.05) is 19.6 Å². The summed E-state index contributed by atoms with van der Waals surface area (Å²) in [5, 5.41) is 13.7. The van der Waals surface area contributed by atoms with E-state index in [0.29, 0.717) is 19.4 Å². The molecule has 90 valence electrons. The van der Waals surface area contributed by atoms with Crippen LogP contribution >= 0.6 is 0 Å². The Hall–Kier alpha value is -1.43. The summed E-state index contributed by atoms with van der Waals surface area (Å²) in [6, 6.07) is 0. The molecule has 0 bridgehead atoms. The highest BCUT2D eigenvalue weighted by Gasteiger charge is 2.02. The van der Waals surface area contributed by atoms with Crippen LogP contribution in [-0.2, 0) is 18.3 Å². The lowest BCUT2D eigenvalue weighted by Gasteiger charge is -2.05. The third-order valence-corrected chi connectivity index (χ3v) is 2.25. The maximum absolute atomic E-state index is 11.3. The van der Waals surface area contributed by atoms with E-state index < -0.39 is 0 Å². The molecule has 1 rings (SSSR count). The van der Waals surface area contributed by atoms with Gasteiger partial charge in [-0.05, 0) is 6.54 Å². The van der Waals surface area contributed by atoms with Crippen molar-refractivity contribution in [3.63, 3.8) is 0 Å². The first-order valence-electron chi connectivity index (χ1n) is 5.54. The van der Waals surface area contributed by atoms with E-state index in [9.17, 15) is 4.79 Å². The molecule has 1 aromatic heterocycles. The van der Waals surface area contributed by atoms with E-state index in [4.69, 9.17) is 0 Å². The molecule has 0 aliphatic carbocycles. The molecule has 0 radical (unpaired) electrons. The summed E-state index contributed by atoms with van der Waals surface area (Å²) in [5.41, 5.74) is 0. The standard InChI is InChI=1S/C10H19N5O/c1-3-11-6-5-10(16)12-7-4-9-14-13-8-15(9)2/h8,11H,3-7H2,1-2H3,(H,12,16). The van der Waals surface area contributed by atoms with Crippen LogP contribution in [0.25, 0.3) is 0 Å². The fourth-order valence-corrected chi connectivity index (χ4v) is 1.31. The zero-order valence-corrected chi connectivity index (χ0v) is 9.86.